The third kappa shape index (κ3) is 1.75. The maximum atomic E-state index is 13.9. The highest BCUT2D eigenvalue weighted by molar-refractivity contribution is 5.35. The number of hydrogen-bond acceptors (Lipinski definition) is 1. The van der Waals surface area contributed by atoms with Crippen molar-refractivity contribution in [1.29, 1.82) is 0 Å². The highest BCUT2D eigenvalue weighted by Crippen LogP contribution is 2.44. The Morgan fingerprint density at radius 2 is 2.06 bits per heavy atom. The molecule has 1 aromatic rings. The molecule has 1 aliphatic rings. The van der Waals surface area contributed by atoms with Crippen molar-refractivity contribution in [2.75, 3.05) is 6.54 Å². The topological polar surface area (TPSA) is 26.0 Å². The smallest absolute Gasteiger partial charge is 0.127 e. The molecule has 1 aliphatic carbocycles. The number of halogens is 1. The van der Waals surface area contributed by atoms with E-state index in [4.69, 9.17) is 5.73 Å². The zero-order valence-corrected chi connectivity index (χ0v) is 10.1. The summed E-state index contributed by atoms with van der Waals surface area (Å²) in [4.78, 5) is 0. The van der Waals surface area contributed by atoms with E-state index in [1.54, 1.807) is 6.07 Å². The summed E-state index contributed by atoms with van der Waals surface area (Å²) >= 11 is 0. The number of hydrogen-bond donors (Lipinski definition) is 1. The second-order valence-electron chi connectivity index (χ2n) is 5.23. The average molecular weight is 221 g/mol. The average Bonchev–Trinajstić information content (AvgIpc) is 2.19. The zero-order valence-electron chi connectivity index (χ0n) is 10.1. The molecule has 1 saturated carbocycles. The van der Waals surface area contributed by atoms with E-state index in [1.165, 1.54) is 12.0 Å². The van der Waals surface area contributed by atoms with Crippen molar-refractivity contribution in [3.8, 4) is 0 Å². The van der Waals surface area contributed by atoms with Gasteiger partial charge in [-0.2, -0.15) is 0 Å². The molecule has 0 spiro atoms. The van der Waals surface area contributed by atoms with Gasteiger partial charge < -0.3 is 5.73 Å². The van der Waals surface area contributed by atoms with Gasteiger partial charge in [-0.3, -0.25) is 0 Å². The molecule has 2 rings (SSSR count). The maximum Gasteiger partial charge on any atom is 0.127 e. The van der Waals surface area contributed by atoms with Crippen LogP contribution in [-0.2, 0) is 5.41 Å². The minimum atomic E-state index is -0.0884. The summed E-state index contributed by atoms with van der Waals surface area (Å²) in [5.74, 6) is 0.351. The van der Waals surface area contributed by atoms with E-state index in [-0.39, 0.29) is 11.2 Å². The molecule has 0 atom stereocenters. The SMILES string of the molecule is CC(C)c1ccc(F)c(C2(CN)CCC2)c1. The van der Waals surface area contributed by atoms with E-state index in [9.17, 15) is 4.39 Å². The van der Waals surface area contributed by atoms with Crippen molar-refractivity contribution < 1.29 is 4.39 Å². The van der Waals surface area contributed by atoms with Crippen LogP contribution in [0.1, 0.15) is 50.2 Å². The Hall–Kier alpha value is -0.890. The van der Waals surface area contributed by atoms with Crippen molar-refractivity contribution in [2.24, 2.45) is 5.73 Å². The molecule has 0 saturated heterocycles. The van der Waals surface area contributed by atoms with Crippen LogP contribution in [0, 0.1) is 5.82 Å². The van der Waals surface area contributed by atoms with Crippen LogP contribution in [0.2, 0.25) is 0 Å². The predicted molar refractivity (Wildman–Crippen MR) is 65.1 cm³/mol. The minimum absolute atomic E-state index is 0.0744. The number of rotatable bonds is 3. The van der Waals surface area contributed by atoms with Crippen molar-refractivity contribution in [1.82, 2.24) is 0 Å². The van der Waals surface area contributed by atoms with Crippen molar-refractivity contribution in [3.63, 3.8) is 0 Å². The van der Waals surface area contributed by atoms with E-state index in [2.05, 4.69) is 13.8 Å². The van der Waals surface area contributed by atoms with Gasteiger partial charge in [0, 0.05) is 12.0 Å². The second-order valence-corrected chi connectivity index (χ2v) is 5.23. The Balaban J connectivity index is 2.42. The molecule has 0 unspecified atom stereocenters. The summed E-state index contributed by atoms with van der Waals surface area (Å²) in [6.45, 7) is 4.82. The lowest BCUT2D eigenvalue weighted by atomic mass is 9.64. The van der Waals surface area contributed by atoms with Gasteiger partial charge in [0.1, 0.15) is 5.82 Å². The summed E-state index contributed by atoms with van der Waals surface area (Å²) in [6, 6.07) is 5.50. The molecule has 0 radical (unpaired) electrons. The van der Waals surface area contributed by atoms with Crippen LogP contribution in [0.4, 0.5) is 4.39 Å². The molecular weight excluding hydrogens is 201 g/mol. The first kappa shape index (κ1) is 11.6. The summed E-state index contributed by atoms with van der Waals surface area (Å²) in [5.41, 5.74) is 7.80. The third-order valence-corrected chi connectivity index (χ3v) is 3.93. The largest absolute Gasteiger partial charge is 0.330 e. The Morgan fingerprint density at radius 1 is 1.38 bits per heavy atom. The fraction of sp³-hybridized carbons (Fsp3) is 0.571. The molecule has 0 amide bonds. The van der Waals surface area contributed by atoms with Crippen LogP contribution >= 0.6 is 0 Å². The van der Waals surface area contributed by atoms with Crippen molar-refractivity contribution in [2.45, 2.75) is 44.4 Å². The summed E-state index contributed by atoms with van der Waals surface area (Å²) in [7, 11) is 0. The zero-order chi connectivity index (χ0) is 11.8. The lowest BCUT2D eigenvalue weighted by Gasteiger charge is -2.42. The van der Waals surface area contributed by atoms with Crippen LogP contribution in [0.15, 0.2) is 18.2 Å². The van der Waals surface area contributed by atoms with Gasteiger partial charge in [0.05, 0.1) is 0 Å². The Morgan fingerprint density at radius 3 is 2.50 bits per heavy atom. The first-order chi connectivity index (χ1) is 7.59. The minimum Gasteiger partial charge on any atom is -0.330 e. The van der Waals surface area contributed by atoms with Gasteiger partial charge in [-0.1, -0.05) is 32.4 Å². The van der Waals surface area contributed by atoms with Gasteiger partial charge in [0.25, 0.3) is 0 Å². The van der Waals surface area contributed by atoms with E-state index in [0.717, 1.165) is 18.4 Å². The summed E-state index contributed by atoms with van der Waals surface area (Å²) in [5, 5.41) is 0. The monoisotopic (exact) mass is 221 g/mol. The maximum absolute atomic E-state index is 13.9. The quantitative estimate of drug-likeness (QED) is 0.832. The molecule has 0 bridgehead atoms. The van der Waals surface area contributed by atoms with Gasteiger partial charge in [0.2, 0.25) is 0 Å². The molecule has 1 nitrogen and oxygen atoms in total. The third-order valence-electron chi connectivity index (χ3n) is 3.93. The first-order valence-electron chi connectivity index (χ1n) is 6.09. The fourth-order valence-corrected chi connectivity index (χ4v) is 2.50. The summed E-state index contributed by atoms with van der Waals surface area (Å²) in [6.07, 6.45) is 3.23. The summed E-state index contributed by atoms with van der Waals surface area (Å²) < 4.78 is 13.9. The standard InChI is InChI=1S/C14H20FN/c1-10(2)11-4-5-13(15)12(8-11)14(9-16)6-3-7-14/h4-5,8,10H,3,6-7,9,16H2,1-2H3. The molecule has 2 heteroatoms. The van der Waals surface area contributed by atoms with Crippen LogP contribution < -0.4 is 5.73 Å². The van der Waals surface area contributed by atoms with E-state index >= 15 is 0 Å². The predicted octanol–water partition coefficient (Wildman–Crippen LogP) is 3.33. The van der Waals surface area contributed by atoms with Crippen molar-refractivity contribution >= 4 is 0 Å². The molecule has 16 heavy (non-hydrogen) atoms. The number of benzene rings is 1. The van der Waals surface area contributed by atoms with Gasteiger partial charge in [0.15, 0.2) is 0 Å². The van der Waals surface area contributed by atoms with Crippen LogP contribution in [0.25, 0.3) is 0 Å². The molecule has 1 aromatic carbocycles. The van der Waals surface area contributed by atoms with E-state index in [1.807, 2.05) is 12.1 Å². The fourth-order valence-electron chi connectivity index (χ4n) is 2.50. The number of nitrogens with two attached hydrogens (primary N) is 1. The van der Waals surface area contributed by atoms with E-state index < -0.39 is 0 Å². The molecule has 0 aliphatic heterocycles. The van der Waals surface area contributed by atoms with E-state index in [0.29, 0.717) is 12.5 Å². The molecule has 2 N–H and O–H groups in total. The Kier molecular flexibility index (Phi) is 3.02. The first-order valence-corrected chi connectivity index (χ1v) is 6.09. The highest BCUT2D eigenvalue weighted by Gasteiger charge is 2.39. The van der Waals surface area contributed by atoms with Crippen LogP contribution in [0.5, 0.6) is 0 Å². The van der Waals surface area contributed by atoms with Gasteiger partial charge >= 0.3 is 0 Å². The van der Waals surface area contributed by atoms with Crippen LogP contribution in [0.3, 0.4) is 0 Å². The molecular formula is C14H20FN. The Labute approximate surface area is 96.9 Å². The van der Waals surface area contributed by atoms with Gasteiger partial charge in [-0.15, -0.1) is 0 Å². The second kappa shape index (κ2) is 4.17. The lowest BCUT2D eigenvalue weighted by molar-refractivity contribution is 0.244. The molecule has 0 aromatic heterocycles. The van der Waals surface area contributed by atoms with Crippen molar-refractivity contribution in [3.05, 3.63) is 35.1 Å². The van der Waals surface area contributed by atoms with Crippen LogP contribution in [-0.4, -0.2) is 6.54 Å². The molecule has 1 fully saturated rings. The highest BCUT2D eigenvalue weighted by atomic mass is 19.1. The molecule has 88 valence electrons. The van der Waals surface area contributed by atoms with Gasteiger partial charge in [-0.25, -0.2) is 4.39 Å². The Bertz CT molecular complexity index is 375. The van der Waals surface area contributed by atoms with Gasteiger partial charge in [-0.05, 0) is 36.0 Å². The molecule has 0 heterocycles. The lowest BCUT2D eigenvalue weighted by Crippen LogP contribution is -2.42. The normalized spacial score (nSPS) is 18.6.